The molecule has 3 heteroatoms. The second kappa shape index (κ2) is 6.01. The first-order chi connectivity index (χ1) is 8.27. The molecule has 0 saturated carbocycles. The Labute approximate surface area is 104 Å². The number of allylic oxidation sites excluding steroid dienone is 1. The van der Waals surface area contributed by atoms with E-state index in [1.165, 1.54) is 12.8 Å². The zero-order chi connectivity index (χ0) is 12.1. The molecule has 0 saturated heterocycles. The highest BCUT2D eigenvalue weighted by Gasteiger charge is 2.21. The molecule has 1 aromatic rings. The van der Waals surface area contributed by atoms with Gasteiger partial charge >= 0.3 is 0 Å². The van der Waals surface area contributed by atoms with Crippen LogP contribution < -0.4 is 5.32 Å². The van der Waals surface area contributed by atoms with Crippen LogP contribution in [-0.2, 0) is 6.54 Å². The van der Waals surface area contributed by atoms with E-state index in [0.717, 1.165) is 31.5 Å². The molecule has 0 bridgehead atoms. The Bertz CT molecular complexity index is 354. The third-order valence-electron chi connectivity index (χ3n) is 3.80. The van der Waals surface area contributed by atoms with Crippen LogP contribution in [0.2, 0.25) is 0 Å². The molecule has 1 heterocycles. The van der Waals surface area contributed by atoms with Gasteiger partial charge in [0.25, 0.3) is 0 Å². The van der Waals surface area contributed by atoms with Gasteiger partial charge in [-0.15, -0.1) is 0 Å². The van der Waals surface area contributed by atoms with E-state index in [4.69, 9.17) is 0 Å². The molecule has 0 spiro atoms. The van der Waals surface area contributed by atoms with Crippen molar-refractivity contribution in [2.24, 2.45) is 11.8 Å². The Kier molecular flexibility index (Phi) is 4.37. The molecule has 0 radical (unpaired) electrons. The smallest absolute Gasteiger partial charge is 0.0533 e. The van der Waals surface area contributed by atoms with E-state index in [0.29, 0.717) is 0 Å². The molecule has 0 aliphatic heterocycles. The summed E-state index contributed by atoms with van der Waals surface area (Å²) in [5.74, 6) is 1.54. The predicted molar refractivity (Wildman–Crippen MR) is 70.7 cm³/mol. The number of aromatic nitrogens is 2. The molecule has 1 aliphatic carbocycles. The van der Waals surface area contributed by atoms with Crippen LogP contribution in [0.25, 0.3) is 0 Å². The normalized spacial score (nSPS) is 24.7. The van der Waals surface area contributed by atoms with E-state index >= 15 is 0 Å². The lowest BCUT2D eigenvalue weighted by Crippen LogP contribution is -2.31. The Morgan fingerprint density at radius 2 is 2.41 bits per heavy atom. The fourth-order valence-corrected chi connectivity index (χ4v) is 2.62. The van der Waals surface area contributed by atoms with Crippen molar-refractivity contribution in [2.75, 3.05) is 13.1 Å². The van der Waals surface area contributed by atoms with Gasteiger partial charge in [-0.1, -0.05) is 18.6 Å². The summed E-state index contributed by atoms with van der Waals surface area (Å²) in [6.45, 7) is 7.70. The van der Waals surface area contributed by atoms with Crippen LogP contribution >= 0.6 is 0 Å². The first kappa shape index (κ1) is 12.4. The summed E-state index contributed by atoms with van der Waals surface area (Å²) in [5, 5.41) is 7.75. The summed E-state index contributed by atoms with van der Waals surface area (Å²) < 4.78 is 1.97. The standard InChI is InChI=1S/C14H23N3/c1-12-5-3-6-13(2)14(12)11-15-8-10-17-9-4-7-16-17/h4-5,7,9,13-15H,3,6,8,10-11H2,1-2H3/t13-,14-/m0/s1. The Morgan fingerprint density at radius 1 is 1.53 bits per heavy atom. The minimum Gasteiger partial charge on any atom is -0.314 e. The number of nitrogens with one attached hydrogen (secondary N) is 1. The molecule has 1 aromatic heterocycles. The second-order valence-corrected chi connectivity index (χ2v) is 5.08. The van der Waals surface area contributed by atoms with Crippen LogP contribution in [0, 0.1) is 11.8 Å². The van der Waals surface area contributed by atoms with E-state index in [1.807, 2.05) is 23.1 Å². The minimum absolute atomic E-state index is 0.723. The lowest BCUT2D eigenvalue weighted by atomic mass is 9.80. The van der Waals surface area contributed by atoms with Crippen molar-refractivity contribution in [1.82, 2.24) is 15.1 Å². The van der Waals surface area contributed by atoms with Crippen LogP contribution in [0.15, 0.2) is 30.1 Å². The third-order valence-corrected chi connectivity index (χ3v) is 3.80. The van der Waals surface area contributed by atoms with Crippen LogP contribution in [0.1, 0.15) is 26.7 Å². The number of rotatable bonds is 5. The van der Waals surface area contributed by atoms with Crippen LogP contribution in [-0.4, -0.2) is 22.9 Å². The molecule has 17 heavy (non-hydrogen) atoms. The molecular weight excluding hydrogens is 210 g/mol. The molecule has 2 atom stereocenters. The summed E-state index contributed by atoms with van der Waals surface area (Å²) in [5.41, 5.74) is 1.57. The topological polar surface area (TPSA) is 29.9 Å². The van der Waals surface area contributed by atoms with Crippen molar-refractivity contribution in [1.29, 1.82) is 0 Å². The first-order valence-corrected chi connectivity index (χ1v) is 6.62. The summed E-state index contributed by atoms with van der Waals surface area (Å²) in [7, 11) is 0. The molecule has 1 aliphatic rings. The Morgan fingerprint density at radius 3 is 3.12 bits per heavy atom. The van der Waals surface area contributed by atoms with Crippen molar-refractivity contribution in [3.05, 3.63) is 30.1 Å². The van der Waals surface area contributed by atoms with Crippen LogP contribution in [0.5, 0.6) is 0 Å². The van der Waals surface area contributed by atoms with E-state index in [-0.39, 0.29) is 0 Å². The number of hydrogen-bond donors (Lipinski definition) is 1. The van der Waals surface area contributed by atoms with Gasteiger partial charge in [-0.3, -0.25) is 4.68 Å². The molecular formula is C14H23N3. The molecule has 0 fully saturated rings. The highest BCUT2D eigenvalue weighted by atomic mass is 15.3. The SMILES string of the molecule is CC1=CCC[C@H](C)[C@H]1CNCCn1cccn1. The maximum Gasteiger partial charge on any atom is 0.0533 e. The first-order valence-electron chi connectivity index (χ1n) is 6.62. The van der Waals surface area contributed by atoms with Gasteiger partial charge < -0.3 is 5.32 Å². The number of nitrogens with zero attached hydrogens (tertiary/aromatic N) is 2. The van der Waals surface area contributed by atoms with Gasteiger partial charge in [0.2, 0.25) is 0 Å². The van der Waals surface area contributed by atoms with Crippen molar-refractivity contribution in [3.8, 4) is 0 Å². The van der Waals surface area contributed by atoms with Crippen molar-refractivity contribution >= 4 is 0 Å². The van der Waals surface area contributed by atoms with Gasteiger partial charge in [0, 0.05) is 25.5 Å². The van der Waals surface area contributed by atoms with E-state index in [2.05, 4.69) is 30.3 Å². The number of hydrogen-bond acceptors (Lipinski definition) is 2. The summed E-state index contributed by atoms with van der Waals surface area (Å²) in [6.07, 6.45) is 8.84. The predicted octanol–water partition coefficient (Wildman–Crippen LogP) is 2.47. The van der Waals surface area contributed by atoms with Crippen molar-refractivity contribution in [3.63, 3.8) is 0 Å². The molecule has 2 rings (SSSR count). The van der Waals surface area contributed by atoms with Gasteiger partial charge in [0.1, 0.15) is 0 Å². The van der Waals surface area contributed by atoms with Gasteiger partial charge in [-0.25, -0.2) is 0 Å². The fraction of sp³-hybridized carbons (Fsp3) is 0.643. The van der Waals surface area contributed by atoms with Gasteiger partial charge in [-0.05, 0) is 37.7 Å². The van der Waals surface area contributed by atoms with Gasteiger partial charge in [-0.2, -0.15) is 5.10 Å². The highest BCUT2D eigenvalue weighted by molar-refractivity contribution is 5.09. The van der Waals surface area contributed by atoms with E-state index in [9.17, 15) is 0 Å². The van der Waals surface area contributed by atoms with Crippen LogP contribution in [0.3, 0.4) is 0 Å². The minimum atomic E-state index is 0.723. The lowest BCUT2D eigenvalue weighted by Gasteiger charge is -2.29. The monoisotopic (exact) mass is 233 g/mol. The van der Waals surface area contributed by atoms with Crippen molar-refractivity contribution in [2.45, 2.75) is 33.2 Å². The maximum absolute atomic E-state index is 4.20. The largest absolute Gasteiger partial charge is 0.314 e. The molecule has 0 amide bonds. The average Bonchev–Trinajstić information content (AvgIpc) is 2.80. The Hall–Kier alpha value is -1.09. The zero-order valence-corrected chi connectivity index (χ0v) is 10.9. The molecule has 3 nitrogen and oxygen atoms in total. The highest BCUT2D eigenvalue weighted by Crippen LogP contribution is 2.29. The molecule has 0 unspecified atom stereocenters. The van der Waals surface area contributed by atoms with Gasteiger partial charge in [0.15, 0.2) is 0 Å². The molecule has 1 N–H and O–H groups in total. The Balaban J connectivity index is 1.71. The maximum atomic E-state index is 4.20. The van der Waals surface area contributed by atoms with Crippen LogP contribution in [0.4, 0.5) is 0 Å². The zero-order valence-electron chi connectivity index (χ0n) is 10.9. The lowest BCUT2D eigenvalue weighted by molar-refractivity contribution is 0.347. The third kappa shape index (κ3) is 3.43. The summed E-state index contributed by atoms with van der Waals surface area (Å²) in [4.78, 5) is 0. The van der Waals surface area contributed by atoms with Gasteiger partial charge in [0.05, 0.1) is 6.54 Å². The quantitative estimate of drug-likeness (QED) is 0.625. The fourth-order valence-electron chi connectivity index (χ4n) is 2.62. The molecule has 0 aromatic carbocycles. The van der Waals surface area contributed by atoms with Crippen molar-refractivity contribution < 1.29 is 0 Å². The van der Waals surface area contributed by atoms with E-state index in [1.54, 1.807) is 5.57 Å². The summed E-state index contributed by atoms with van der Waals surface area (Å²) >= 11 is 0. The molecule has 94 valence electrons. The second-order valence-electron chi connectivity index (χ2n) is 5.08. The summed E-state index contributed by atoms with van der Waals surface area (Å²) in [6, 6.07) is 1.97. The van der Waals surface area contributed by atoms with E-state index < -0.39 is 0 Å². The average molecular weight is 233 g/mol.